The van der Waals surface area contributed by atoms with Gasteiger partial charge in [-0.15, -0.1) is 0 Å². The highest BCUT2D eigenvalue weighted by molar-refractivity contribution is 5.88. The summed E-state index contributed by atoms with van der Waals surface area (Å²) in [6.07, 6.45) is 2.66. The van der Waals surface area contributed by atoms with Crippen LogP contribution >= 0.6 is 0 Å². The Morgan fingerprint density at radius 2 is 1.59 bits per heavy atom. The van der Waals surface area contributed by atoms with Crippen LogP contribution in [0.2, 0.25) is 0 Å². The van der Waals surface area contributed by atoms with Gasteiger partial charge in [0.15, 0.2) is 0 Å². The van der Waals surface area contributed by atoms with E-state index in [0.29, 0.717) is 19.5 Å². The van der Waals surface area contributed by atoms with E-state index in [1.807, 2.05) is 92.7 Å². The lowest BCUT2D eigenvalue weighted by molar-refractivity contribution is -0.140. The Hall–Kier alpha value is -3.40. The third kappa shape index (κ3) is 7.31. The van der Waals surface area contributed by atoms with Crippen molar-refractivity contribution >= 4 is 11.8 Å². The standard InChI is InChI=1S/C30H36N2O2/c1-4-5-18-31-30(34)28(20-25-14-7-6-8-15-25)32(22-27-17-10-9-13-24(27)3)29(33)21-26-16-11-12-23(2)19-26/h6-17,19,28H,4-5,18,20-22H2,1-3H3,(H,31,34)/t28-/m0/s1. The molecule has 3 aromatic carbocycles. The van der Waals surface area contributed by atoms with Crippen LogP contribution in [0.25, 0.3) is 0 Å². The van der Waals surface area contributed by atoms with Crippen molar-refractivity contribution in [3.8, 4) is 0 Å². The number of hydrogen-bond donors (Lipinski definition) is 1. The summed E-state index contributed by atoms with van der Waals surface area (Å²) in [5, 5.41) is 3.08. The molecule has 1 N–H and O–H groups in total. The smallest absolute Gasteiger partial charge is 0.243 e. The van der Waals surface area contributed by atoms with Crippen molar-refractivity contribution in [2.24, 2.45) is 0 Å². The third-order valence-corrected chi connectivity index (χ3v) is 6.14. The van der Waals surface area contributed by atoms with Crippen LogP contribution < -0.4 is 5.32 Å². The van der Waals surface area contributed by atoms with Crippen LogP contribution in [0.3, 0.4) is 0 Å². The van der Waals surface area contributed by atoms with Crippen LogP contribution in [0.1, 0.15) is 47.6 Å². The summed E-state index contributed by atoms with van der Waals surface area (Å²) in [6, 6.07) is 25.4. The SMILES string of the molecule is CCCCNC(=O)[C@H](Cc1ccccc1)N(Cc1ccccc1C)C(=O)Cc1cccc(C)c1. The largest absolute Gasteiger partial charge is 0.354 e. The molecule has 4 heteroatoms. The minimum absolute atomic E-state index is 0.0413. The molecule has 4 nitrogen and oxygen atoms in total. The van der Waals surface area contributed by atoms with Crippen molar-refractivity contribution < 1.29 is 9.59 Å². The molecule has 2 amide bonds. The normalized spacial score (nSPS) is 11.6. The molecule has 0 aromatic heterocycles. The fourth-order valence-corrected chi connectivity index (χ4v) is 4.13. The Kier molecular flexibility index (Phi) is 9.45. The molecule has 1 atom stereocenters. The minimum atomic E-state index is -0.587. The zero-order valence-corrected chi connectivity index (χ0v) is 20.6. The third-order valence-electron chi connectivity index (χ3n) is 6.14. The van der Waals surface area contributed by atoms with Crippen LogP contribution in [0.4, 0.5) is 0 Å². The summed E-state index contributed by atoms with van der Waals surface area (Å²) in [7, 11) is 0. The highest BCUT2D eigenvalue weighted by atomic mass is 16.2. The first kappa shape index (κ1) is 25.2. The van der Waals surface area contributed by atoms with E-state index in [1.54, 1.807) is 4.90 Å². The van der Waals surface area contributed by atoms with E-state index in [9.17, 15) is 9.59 Å². The first-order chi connectivity index (χ1) is 16.5. The highest BCUT2D eigenvalue weighted by Gasteiger charge is 2.30. The van der Waals surface area contributed by atoms with Crippen molar-refractivity contribution in [2.75, 3.05) is 6.54 Å². The van der Waals surface area contributed by atoms with Gasteiger partial charge in [0.05, 0.1) is 6.42 Å². The zero-order valence-electron chi connectivity index (χ0n) is 20.6. The molecule has 34 heavy (non-hydrogen) atoms. The molecule has 3 rings (SSSR count). The number of hydrogen-bond acceptors (Lipinski definition) is 2. The molecule has 0 bridgehead atoms. The fraction of sp³-hybridized carbons (Fsp3) is 0.333. The number of carbonyl (C=O) groups excluding carboxylic acids is 2. The number of unbranched alkanes of at least 4 members (excludes halogenated alkanes) is 1. The molecule has 0 unspecified atom stereocenters. The molecule has 0 fully saturated rings. The molecular weight excluding hydrogens is 420 g/mol. The summed E-state index contributed by atoms with van der Waals surface area (Å²) < 4.78 is 0. The van der Waals surface area contributed by atoms with Gasteiger partial charge in [-0.25, -0.2) is 0 Å². The van der Waals surface area contributed by atoms with E-state index >= 15 is 0 Å². The van der Waals surface area contributed by atoms with E-state index in [1.165, 1.54) is 0 Å². The molecular formula is C30H36N2O2. The summed E-state index contributed by atoms with van der Waals surface area (Å²) >= 11 is 0. The molecule has 0 saturated carbocycles. The van der Waals surface area contributed by atoms with E-state index < -0.39 is 6.04 Å². The van der Waals surface area contributed by atoms with Gasteiger partial charge < -0.3 is 10.2 Å². The maximum atomic E-state index is 13.8. The molecule has 0 aliphatic rings. The van der Waals surface area contributed by atoms with Gasteiger partial charge >= 0.3 is 0 Å². The topological polar surface area (TPSA) is 49.4 Å². The number of nitrogens with one attached hydrogen (secondary N) is 1. The van der Waals surface area contributed by atoms with Crippen LogP contribution in [0.15, 0.2) is 78.9 Å². The first-order valence-electron chi connectivity index (χ1n) is 12.2. The highest BCUT2D eigenvalue weighted by Crippen LogP contribution is 2.19. The lowest BCUT2D eigenvalue weighted by Gasteiger charge is -2.32. The van der Waals surface area contributed by atoms with Gasteiger partial charge in [0.25, 0.3) is 0 Å². The number of benzene rings is 3. The predicted molar refractivity (Wildman–Crippen MR) is 138 cm³/mol. The van der Waals surface area contributed by atoms with E-state index in [-0.39, 0.29) is 18.2 Å². The van der Waals surface area contributed by atoms with Crippen molar-refractivity contribution in [3.05, 3.63) is 107 Å². The number of aryl methyl sites for hydroxylation is 2. The monoisotopic (exact) mass is 456 g/mol. The average Bonchev–Trinajstić information content (AvgIpc) is 2.83. The van der Waals surface area contributed by atoms with Gasteiger partial charge in [-0.1, -0.05) is 97.8 Å². The maximum Gasteiger partial charge on any atom is 0.243 e. The molecule has 0 spiro atoms. The molecule has 0 aliphatic heterocycles. The molecule has 0 radical (unpaired) electrons. The van der Waals surface area contributed by atoms with Gasteiger partial charge in [-0.05, 0) is 42.5 Å². The second-order valence-electron chi connectivity index (χ2n) is 8.96. The first-order valence-corrected chi connectivity index (χ1v) is 12.2. The second kappa shape index (κ2) is 12.7. The van der Waals surface area contributed by atoms with Gasteiger partial charge in [0.2, 0.25) is 11.8 Å². The van der Waals surface area contributed by atoms with Crippen molar-refractivity contribution in [1.82, 2.24) is 10.2 Å². The summed E-state index contributed by atoms with van der Waals surface area (Å²) in [5.74, 6) is -0.135. The lowest BCUT2D eigenvalue weighted by Crippen LogP contribution is -2.51. The van der Waals surface area contributed by atoms with Gasteiger partial charge in [0.1, 0.15) is 6.04 Å². The zero-order chi connectivity index (χ0) is 24.3. The second-order valence-corrected chi connectivity index (χ2v) is 8.96. The minimum Gasteiger partial charge on any atom is -0.354 e. The summed E-state index contributed by atoms with van der Waals surface area (Å²) in [4.78, 5) is 29.0. The maximum absolute atomic E-state index is 13.8. The van der Waals surface area contributed by atoms with Crippen molar-refractivity contribution in [2.45, 2.75) is 59.0 Å². The Morgan fingerprint density at radius 3 is 2.29 bits per heavy atom. The number of carbonyl (C=O) groups is 2. The summed E-state index contributed by atoms with van der Waals surface area (Å²) in [6.45, 7) is 7.19. The van der Waals surface area contributed by atoms with Crippen LogP contribution in [0, 0.1) is 13.8 Å². The van der Waals surface area contributed by atoms with E-state index in [4.69, 9.17) is 0 Å². The molecule has 0 heterocycles. The van der Waals surface area contributed by atoms with Crippen molar-refractivity contribution in [1.29, 1.82) is 0 Å². The number of rotatable bonds is 11. The number of amides is 2. The quantitative estimate of drug-likeness (QED) is 0.393. The van der Waals surface area contributed by atoms with Crippen molar-refractivity contribution in [3.63, 3.8) is 0 Å². The lowest BCUT2D eigenvalue weighted by atomic mass is 10.00. The van der Waals surface area contributed by atoms with E-state index in [0.717, 1.165) is 40.7 Å². The molecule has 178 valence electrons. The predicted octanol–water partition coefficient (Wildman–Crippen LogP) is 5.40. The average molecular weight is 457 g/mol. The number of nitrogens with zero attached hydrogens (tertiary/aromatic N) is 1. The van der Waals surface area contributed by atoms with Crippen LogP contribution in [-0.2, 0) is 29.0 Å². The van der Waals surface area contributed by atoms with Gasteiger partial charge in [-0.2, -0.15) is 0 Å². The van der Waals surface area contributed by atoms with Crippen LogP contribution in [-0.4, -0.2) is 29.3 Å². The Bertz CT molecular complexity index is 1080. The Labute approximate surface area is 204 Å². The van der Waals surface area contributed by atoms with E-state index in [2.05, 4.69) is 12.2 Å². The Balaban J connectivity index is 1.95. The molecule has 3 aromatic rings. The molecule has 0 saturated heterocycles. The summed E-state index contributed by atoms with van der Waals surface area (Å²) in [5.41, 5.74) is 5.29. The Morgan fingerprint density at radius 1 is 0.882 bits per heavy atom. The van der Waals surface area contributed by atoms with Gasteiger partial charge in [-0.3, -0.25) is 9.59 Å². The molecule has 0 aliphatic carbocycles. The van der Waals surface area contributed by atoms with Crippen LogP contribution in [0.5, 0.6) is 0 Å². The fourth-order valence-electron chi connectivity index (χ4n) is 4.13. The van der Waals surface area contributed by atoms with Gasteiger partial charge in [0, 0.05) is 19.5 Å².